The van der Waals surface area contributed by atoms with Crippen molar-refractivity contribution in [2.24, 2.45) is 0 Å². The molecule has 1 amide bonds. The Labute approximate surface area is 158 Å². The smallest absolute Gasteiger partial charge is 0.310 e. The van der Waals surface area contributed by atoms with Crippen LogP contribution in [0.5, 0.6) is 5.75 Å². The monoisotopic (exact) mass is 388 g/mol. The number of nitro groups is 1. The number of rotatable bonds is 6. The first-order valence-electron chi connectivity index (χ1n) is 7.53. The van der Waals surface area contributed by atoms with E-state index in [0.29, 0.717) is 15.6 Å². The molecule has 1 aromatic heterocycles. The third kappa shape index (κ3) is 4.38. The number of thiophene rings is 1. The number of carbonyl (C=O) groups is 1. The number of amides is 1. The number of halogens is 1. The standard InChI is InChI=1S/C18H13ClN2O4S/c19-13-4-3-5-14(9-13)20-18(22)17-8-12(11-26-17)10-25-16-7-2-1-6-15(16)21(23)24/h1-9,11H,10H2,(H,20,22). The van der Waals surface area contributed by atoms with Crippen LogP contribution in [0.2, 0.25) is 5.02 Å². The lowest BCUT2D eigenvalue weighted by atomic mass is 10.3. The van der Waals surface area contributed by atoms with Crippen LogP contribution in [0.1, 0.15) is 15.2 Å². The molecule has 0 fully saturated rings. The lowest BCUT2D eigenvalue weighted by molar-refractivity contribution is -0.385. The second kappa shape index (κ2) is 7.99. The third-order valence-corrected chi connectivity index (χ3v) is 4.63. The minimum Gasteiger partial charge on any atom is -0.482 e. The molecule has 132 valence electrons. The van der Waals surface area contributed by atoms with Gasteiger partial charge in [0.2, 0.25) is 0 Å². The Morgan fingerprint density at radius 3 is 2.77 bits per heavy atom. The molecular weight excluding hydrogens is 376 g/mol. The van der Waals surface area contributed by atoms with E-state index in [-0.39, 0.29) is 24.0 Å². The van der Waals surface area contributed by atoms with E-state index in [1.807, 2.05) is 0 Å². The van der Waals surface area contributed by atoms with Crippen molar-refractivity contribution >= 4 is 40.2 Å². The SMILES string of the molecule is O=C(Nc1cccc(Cl)c1)c1cc(COc2ccccc2[N+](=O)[O-])cs1. The highest BCUT2D eigenvalue weighted by atomic mass is 35.5. The van der Waals surface area contributed by atoms with Gasteiger partial charge in [-0.25, -0.2) is 0 Å². The van der Waals surface area contributed by atoms with Gasteiger partial charge in [-0.3, -0.25) is 14.9 Å². The van der Waals surface area contributed by atoms with Gasteiger partial charge in [0, 0.05) is 22.3 Å². The average Bonchev–Trinajstić information content (AvgIpc) is 3.09. The van der Waals surface area contributed by atoms with Crippen molar-refractivity contribution < 1.29 is 14.5 Å². The third-order valence-electron chi connectivity index (χ3n) is 3.42. The molecule has 1 N–H and O–H groups in total. The second-order valence-corrected chi connectivity index (χ2v) is 6.64. The molecule has 0 bridgehead atoms. The number of ether oxygens (including phenoxy) is 1. The Kier molecular flexibility index (Phi) is 5.50. The topological polar surface area (TPSA) is 81.5 Å². The fourth-order valence-corrected chi connectivity index (χ4v) is 3.20. The van der Waals surface area contributed by atoms with Gasteiger partial charge in [0.1, 0.15) is 6.61 Å². The highest BCUT2D eigenvalue weighted by Crippen LogP contribution is 2.27. The van der Waals surface area contributed by atoms with Gasteiger partial charge in [-0.1, -0.05) is 29.8 Å². The highest BCUT2D eigenvalue weighted by molar-refractivity contribution is 7.12. The number of carbonyl (C=O) groups excluding carboxylic acids is 1. The molecule has 0 aliphatic rings. The van der Waals surface area contributed by atoms with Crippen LogP contribution in [0.25, 0.3) is 0 Å². The highest BCUT2D eigenvalue weighted by Gasteiger charge is 2.15. The first kappa shape index (κ1) is 17.9. The maximum absolute atomic E-state index is 12.3. The number of para-hydroxylation sites is 2. The van der Waals surface area contributed by atoms with Crippen molar-refractivity contribution in [2.75, 3.05) is 5.32 Å². The normalized spacial score (nSPS) is 10.3. The number of nitrogens with one attached hydrogen (secondary N) is 1. The lowest BCUT2D eigenvalue weighted by Crippen LogP contribution is -2.10. The Hall–Kier alpha value is -2.90. The number of nitro benzene ring substituents is 1. The molecule has 1 heterocycles. The first-order chi connectivity index (χ1) is 12.5. The molecule has 0 aliphatic heterocycles. The van der Waals surface area contributed by atoms with Crippen molar-refractivity contribution in [3.63, 3.8) is 0 Å². The van der Waals surface area contributed by atoms with Crippen molar-refractivity contribution in [2.45, 2.75) is 6.61 Å². The van der Waals surface area contributed by atoms with Crippen LogP contribution in [0.4, 0.5) is 11.4 Å². The van der Waals surface area contributed by atoms with Crippen LogP contribution in [-0.4, -0.2) is 10.8 Å². The summed E-state index contributed by atoms with van der Waals surface area (Å²) in [7, 11) is 0. The summed E-state index contributed by atoms with van der Waals surface area (Å²) in [5.41, 5.74) is 1.26. The summed E-state index contributed by atoms with van der Waals surface area (Å²) in [5.74, 6) is -0.0668. The van der Waals surface area contributed by atoms with E-state index in [1.165, 1.54) is 23.5 Å². The summed E-state index contributed by atoms with van der Waals surface area (Å²) in [5, 5.41) is 16.1. The Morgan fingerprint density at radius 2 is 2.00 bits per heavy atom. The zero-order chi connectivity index (χ0) is 18.5. The Balaban J connectivity index is 1.65. The number of nitrogens with zero attached hydrogens (tertiary/aromatic N) is 1. The van der Waals surface area contributed by atoms with E-state index >= 15 is 0 Å². The van der Waals surface area contributed by atoms with Gasteiger partial charge < -0.3 is 10.1 Å². The largest absolute Gasteiger partial charge is 0.482 e. The molecule has 0 atom stereocenters. The fourth-order valence-electron chi connectivity index (χ4n) is 2.22. The van der Waals surface area contributed by atoms with Crippen molar-refractivity contribution in [1.29, 1.82) is 0 Å². The molecule has 3 aromatic rings. The molecule has 6 nitrogen and oxygen atoms in total. The van der Waals surface area contributed by atoms with Crippen molar-refractivity contribution in [3.05, 3.63) is 85.6 Å². The van der Waals surface area contributed by atoms with Gasteiger partial charge in [-0.2, -0.15) is 0 Å². The summed E-state index contributed by atoms with van der Waals surface area (Å²) < 4.78 is 5.53. The molecule has 0 unspecified atom stereocenters. The van der Waals surface area contributed by atoms with Crippen molar-refractivity contribution in [3.8, 4) is 5.75 Å². The molecule has 26 heavy (non-hydrogen) atoms. The summed E-state index contributed by atoms with van der Waals surface area (Å²) in [6.45, 7) is 0.131. The van der Waals surface area contributed by atoms with Gasteiger partial charge in [0.05, 0.1) is 9.80 Å². The van der Waals surface area contributed by atoms with Crippen molar-refractivity contribution in [1.82, 2.24) is 0 Å². The second-order valence-electron chi connectivity index (χ2n) is 5.30. The summed E-state index contributed by atoms with van der Waals surface area (Å²) >= 11 is 7.17. The quantitative estimate of drug-likeness (QED) is 0.468. The number of hydrogen-bond acceptors (Lipinski definition) is 5. The van der Waals surface area contributed by atoms with Crippen LogP contribution in [0, 0.1) is 10.1 Å². The van der Waals surface area contributed by atoms with Gasteiger partial charge in [0.15, 0.2) is 5.75 Å². The Morgan fingerprint density at radius 1 is 1.19 bits per heavy atom. The minimum absolute atomic E-state index is 0.0957. The lowest BCUT2D eigenvalue weighted by Gasteiger charge is -2.05. The van der Waals surface area contributed by atoms with Crippen LogP contribution >= 0.6 is 22.9 Å². The molecule has 0 saturated heterocycles. The van der Waals surface area contributed by atoms with E-state index in [2.05, 4.69) is 5.32 Å². The predicted molar refractivity (Wildman–Crippen MR) is 101 cm³/mol. The predicted octanol–water partition coefficient (Wildman–Crippen LogP) is 5.14. The molecule has 3 rings (SSSR count). The van der Waals surface area contributed by atoms with Gasteiger partial charge >= 0.3 is 5.69 Å². The number of anilines is 1. The Bertz CT molecular complexity index is 958. The molecule has 2 aromatic carbocycles. The molecule has 0 spiro atoms. The molecule has 0 radical (unpaired) electrons. The number of benzene rings is 2. The van der Waals surface area contributed by atoms with Gasteiger partial charge in [-0.15, -0.1) is 11.3 Å². The average molecular weight is 389 g/mol. The van der Waals surface area contributed by atoms with Crippen LogP contribution in [-0.2, 0) is 6.61 Å². The van der Waals surface area contributed by atoms with Gasteiger partial charge in [0.25, 0.3) is 5.91 Å². The van der Waals surface area contributed by atoms with E-state index in [0.717, 1.165) is 5.56 Å². The fraction of sp³-hybridized carbons (Fsp3) is 0.0556. The summed E-state index contributed by atoms with van der Waals surface area (Å²) in [6.07, 6.45) is 0. The van der Waals surface area contributed by atoms with E-state index in [1.54, 1.807) is 47.8 Å². The zero-order valence-corrected chi connectivity index (χ0v) is 14.9. The molecule has 8 heteroatoms. The maximum atomic E-state index is 12.3. The first-order valence-corrected chi connectivity index (χ1v) is 8.79. The zero-order valence-electron chi connectivity index (χ0n) is 13.3. The molecule has 0 aliphatic carbocycles. The summed E-state index contributed by atoms with van der Waals surface area (Å²) in [6, 6.07) is 14.7. The molecular formula is C18H13ClN2O4S. The number of hydrogen-bond donors (Lipinski definition) is 1. The van der Waals surface area contributed by atoms with E-state index in [9.17, 15) is 14.9 Å². The molecule has 0 saturated carbocycles. The van der Waals surface area contributed by atoms with Crippen LogP contribution in [0.3, 0.4) is 0 Å². The van der Waals surface area contributed by atoms with Gasteiger partial charge in [-0.05, 0) is 35.7 Å². The van der Waals surface area contributed by atoms with E-state index in [4.69, 9.17) is 16.3 Å². The van der Waals surface area contributed by atoms with E-state index < -0.39 is 4.92 Å². The minimum atomic E-state index is -0.493. The van der Waals surface area contributed by atoms with Crippen LogP contribution in [0.15, 0.2) is 60.0 Å². The maximum Gasteiger partial charge on any atom is 0.310 e. The van der Waals surface area contributed by atoms with Crippen LogP contribution < -0.4 is 10.1 Å². The summed E-state index contributed by atoms with van der Waals surface area (Å²) in [4.78, 5) is 23.3.